The molecule has 0 radical (unpaired) electrons. The van der Waals surface area contributed by atoms with Crippen LogP contribution in [0.4, 0.5) is 0 Å². The number of amides is 2. The number of allylic oxidation sites excluding steroid dienone is 1. The standard InChI is InChI=1S/C28H39N3O2/c1-18-11-14-26(27(32)29-18)31-17-23-16-20(12-13-24(23)28(31)33)15-22-9-5-6-10-25(22)30-19(2)21-7-3-4-8-21/h12-13,16,19,21-22,25-26,30H,1,3-11,14-15,17H2,2H3,(H,29,32)/t19-,22-,25+,26?/m1/s1. The van der Waals surface area contributed by atoms with Gasteiger partial charge in [0.25, 0.3) is 5.91 Å². The molecule has 2 amide bonds. The molecule has 2 aliphatic carbocycles. The second-order valence-electron chi connectivity index (χ2n) is 10.9. The molecule has 1 unspecified atom stereocenters. The molecule has 2 aliphatic heterocycles. The Kier molecular flexibility index (Phi) is 6.60. The van der Waals surface area contributed by atoms with Crippen molar-refractivity contribution >= 4 is 11.8 Å². The van der Waals surface area contributed by atoms with E-state index in [9.17, 15) is 9.59 Å². The van der Waals surface area contributed by atoms with Gasteiger partial charge in [-0.1, -0.05) is 44.4 Å². The van der Waals surface area contributed by atoms with Crippen molar-refractivity contribution in [3.05, 3.63) is 47.2 Å². The van der Waals surface area contributed by atoms with Gasteiger partial charge in [-0.2, -0.15) is 0 Å². The summed E-state index contributed by atoms with van der Waals surface area (Å²) >= 11 is 0. The minimum atomic E-state index is -0.386. The Morgan fingerprint density at radius 1 is 1.09 bits per heavy atom. The summed E-state index contributed by atoms with van der Waals surface area (Å²) in [7, 11) is 0. The summed E-state index contributed by atoms with van der Waals surface area (Å²) in [6.07, 6.45) is 13.2. The van der Waals surface area contributed by atoms with Gasteiger partial charge in [-0.15, -0.1) is 0 Å². The molecule has 2 heterocycles. The fraction of sp³-hybridized carbons (Fsp3) is 0.643. The van der Waals surface area contributed by atoms with Crippen molar-refractivity contribution in [1.82, 2.24) is 15.5 Å². The van der Waals surface area contributed by atoms with Crippen LogP contribution in [-0.4, -0.2) is 34.8 Å². The summed E-state index contributed by atoms with van der Waals surface area (Å²) in [5.41, 5.74) is 3.93. The Morgan fingerprint density at radius 2 is 1.85 bits per heavy atom. The number of hydrogen-bond acceptors (Lipinski definition) is 3. The van der Waals surface area contributed by atoms with E-state index in [1.54, 1.807) is 4.90 Å². The molecular formula is C28H39N3O2. The third-order valence-electron chi connectivity index (χ3n) is 8.69. The Labute approximate surface area is 198 Å². The van der Waals surface area contributed by atoms with Crippen LogP contribution >= 0.6 is 0 Å². The summed E-state index contributed by atoms with van der Waals surface area (Å²) in [6.45, 7) is 6.79. The van der Waals surface area contributed by atoms with Crippen LogP contribution in [0.3, 0.4) is 0 Å². The molecule has 0 spiro atoms. The fourth-order valence-corrected chi connectivity index (χ4v) is 6.74. The lowest BCUT2D eigenvalue weighted by Crippen LogP contribution is -2.49. The van der Waals surface area contributed by atoms with Crippen molar-refractivity contribution in [3.63, 3.8) is 0 Å². The molecule has 178 valence electrons. The van der Waals surface area contributed by atoms with Gasteiger partial charge in [-0.3, -0.25) is 9.59 Å². The van der Waals surface area contributed by atoms with Crippen LogP contribution in [0.15, 0.2) is 30.5 Å². The molecule has 4 atom stereocenters. The maximum atomic E-state index is 13.0. The Morgan fingerprint density at radius 3 is 2.64 bits per heavy atom. The topological polar surface area (TPSA) is 61.4 Å². The molecule has 0 bridgehead atoms. The summed E-state index contributed by atoms with van der Waals surface area (Å²) in [5.74, 6) is 1.40. The molecular weight excluding hydrogens is 410 g/mol. The quantitative estimate of drug-likeness (QED) is 0.662. The lowest BCUT2D eigenvalue weighted by atomic mass is 9.79. The summed E-state index contributed by atoms with van der Waals surface area (Å²) in [6, 6.07) is 7.21. The SMILES string of the molecule is C=C1CCC(N2Cc3cc(C[C@H]4CCCC[C@@H]4N[C@H](C)C4CCCC4)ccc3C2=O)C(=O)N1. The van der Waals surface area contributed by atoms with Gasteiger partial charge in [0.15, 0.2) is 0 Å². The summed E-state index contributed by atoms with van der Waals surface area (Å²) < 4.78 is 0. The molecule has 1 saturated heterocycles. The van der Waals surface area contributed by atoms with E-state index < -0.39 is 0 Å². The van der Waals surface area contributed by atoms with Crippen molar-refractivity contribution in [3.8, 4) is 0 Å². The molecule has 1 aromatic rings. The first-order chi connectivity index (χ1) is 16.0. The van der Waals surface area contributed by atoms with E-state index in [0.29, 0.717) is 31.0 Å². The van der Waals surface area contributed by atoms with E-state index >= 15 is 0 Å². The van der Waals surface area contributed by atoms with Crippen LogP contribution in [0.25, 0.3) is 0 Å². The first kappa shape index (κ1) is 22.6. The third-order valence-corrected chi connectivity index (χ3v) is 8.69. The average molecular weight is 450 g/mol. The Balaban J connectivity index is 1.25. The number of nitrogens with one attached hydrogen (secondary N) is 2. The highest BCUT2D eigenvalue weighted by atomic mass is 16.2. The average Bonchev–Trinajstić information content (AvgIpc) is 3.44. The number of piperidine rings is 1. The molecule has 2 saturated carbocycles. The van der Waals surface area contributed by atoms with E-state index in [2.05, 4.69) is 36.3 Å². The number of carbonyl (C=O) groups is 2. The van der Waals surface area contributed by atoms with E-state index in [0.717, 1.165) is 35.6 Å². The zero-order chi connectivity index (χ0) is 22.9. The van der Waals surface area contributed by atoms with Gasteiger partial charge in [0.1, 0.15) is 6.04 Å². The summed E-state index contributed by atoms with van der Waals surface area (Å²) in [5, 5.41) is 6.86. The van der Waals surface area contributed by atoms with E-state index in [-0.39, 0.29) is 17.9 Å². The van der Waals surface area contributed by atoms with Crippen LogP contribution in [0.1, 0.15) is 92.6 Å². The second-order valence-corrected chi connectivity index (χ2v) is 10.9. The summed E-state index contributed by atoms with van der Waals surface area (Å²) in [4.78, 5) is 27.3. The molecule has 3 fully saturated rings. The number of nitrogens with zero attached hydrogens (tertiary/aromatic N) is 1. The Bertz CT molecular complexity index is 920. The van der Waals surface area contributed by atoms with Gasteiger partial charge >= 0.3 is 0 Å². The Hall–Kier alpha value is -2.14. The number of benzene rings is 1. The maximum Gasteiger partial charge on any atom is 0.255 e. The molecule has 5 rings (SSSR count). The van der Waals surface area contributed by atoms with Gasteiger partial charge in [0.05, 0.1) is 0 Å². The molecule has 5 heteroatoms. The molecule has 5 nitrogen and oxygen atoms in total. The van der Waals surface area contributed by atoms with Crippen LogP contribution in [0.5, 0.6) is 0 Å². The number of carbonyl (C=O) groups excluding carboxylic acids is 2. The minimum Gasteiger partial charge on any atom is -0.329 e. The zero-order valence-electron chi connectivity index (χ0n) is 20.1. The number of hydrogen-bond donors (Lipinski definition) is 2. The van der Waals surface area contributed by atoms with E-state index in [1.807, 2.05) is 6.07 Å². The fourth-order valence-electron chi connectivity index (χ4n) is 6.74. The molecule has 4 aliphatic rings. The second kappa shape index (κ2) is 9.61. The van der Waals surface area contributed by atoms with Crippen molar-refractivity contribution in [2.45, 2.75) is 102 Å². The first-order valence-electron chi connectivity index (χ1n) is 13.2. The monoisotopic (exact) mass is 449 g/mol. The molecule has 1 aromatic carbocycles. The lowest BCUT2D eigenvalue weighted by molar-refractivity contribution is -0.126. The molecule has 33 heavy (non-hydrogen) atoms. The van der Waals surface area contributed by atoms with Crippen molar-refractivity contribution in [2.75, 3.05) is 0 Å². The van der Waals surface area contributed by atoms with Gasteiger partial charge in [-0.05, 0) is 80.9 Å². The largest absolute Gasteiger partial charge is 0.329 e. The van der Waals surface area contributed by atoms with E-state index in [4.69, 9.17) is 0 Å². The molecule has 2 N–H and O–H groups in total. The lowest BCUT2D eigenvalue weighted by Gasteiger charge is -2.36. The van der Waals surface area contributed by atoms with Crippen LogP contribution in [-0.2, 0) is 17.8 Å². The predicted octanol–water partition coefficient (Wildman–Crippen LogP) is 4.70. The normalized spacial score (nSPS) is 29.3. The minimum absolute atomic E-state index is 0.00758. The highest BCUT2D eigenvalue weighted by Gasteiger charge is 2.38. The van der Waals surface area contributed by atoms with Gasteiger partial charge < -0.3 is 15.5 Å². The molecule has 0 aromatic heterocycles. The van der Waals surface area contributed by atoms with Crippen molar-refractivity contribution < 1.29 is 9.59 Å². The maximum absolute atomic E-state index is 13.0. The van der Waals surface area contributed by atoms with Crippen molar-refractivity contribution in [1.29, 1.82) is 0 Å². The van der Waals surface area contributed by atoms with Gasteiger partial charge in [0, 0.05) is 29.9 Å². The predicted molar refractivity (Wildman–Crippen MR) is 131 cm³/mol. The number of rotatable bonds is 6. The third kappa shape index (κ3) is 4.75. The first-order valence-corrected chi connectivity index (χ1v) is 13.2. The smallest absolute Gasteiger partial charge is 0.255 e. The highest BCUT2D eigenvalue weighted by molar-refractivity contribution is 6.01. The van der Waals surface area contributed by atoms with Gasteiger partial charge in [0.2, 0.25) is 5.91 Å². The highest BCUT2D eigenvalue weighted by Crippen LogP contribution is 2.34. The van der Waals surface area contributed by atoms with Crippen LogP contribution in [0, 0.1) is 11.8 Å². The zero-order valence-corrected chi connectivity index (χ0v) is 20.1. The van der Waals surface area contributed by atoms with Crippen LogP contribution in [0.2, 0.25) is 0 Å². The number of fused-ring (bicyclic) bond motifs is 1. The van der Waals surface area contributed by atoms with Crippen LogP contribution < -0.4 is 10.6 Å². The van der Waals surface area contributed by atoms with Gasteiger partial charge in [-0.25, -0.2) is 0 Å². The van der Waals surface area contributed by atoms with E-state index in [1.165, 1.54) is 56.9 Å². The van der Waals surface area contributed by atoms with Crippen molar-refractivity contribution in [2.24, 2.45) is 11.8 Å².